The summed E-state index contributed by atoms with van der Waals surface area (Å²) in [5.74, 6) is 2.02. The molecule has 0 aliphatic rings. The summed E-state index contributed by atoms with van der Waals surface area (Å²) in [5, 5.41) is 0. The van der Waals surface area contributed by atoms with E-state index in [1.165, 1.54) is 0 Å². The second-order valence-electron chi connectivity index (χ2n) is 4.32. The zero-order valence-corrected chi connectivity index (χ0v) is 11.2. The largest absolute Gasteiger partial charge is 0.437 e. The van der Waals surface area contributed by atoms with Crippen LogP contribution in [-0.2, 0) is 5.88 Å². The third-order valence-electron chi connectivity index (χ3n) is 2.48. The molecule has 2 aromatic rings. The maximum absolute atomic E-state index is 5.88. The first-order valence-electron chi connectivity index (χ1n) is 5.83. The second kappa shape index (κ2) is 5.83. The minimum atomic E-state index is 0.337. The van der Waals surface area contributed by atoms with Crippen LogP contribution in [0.3, 0.4) is 0 Å². The fourth-order valence-corrected chi connectivity index (χ4v) is 1.69. The van der Waals surface area contributed by atoms with Crippen molar-refractivity contribution in [2.75, 3.05) is 0 Å². The molecule has 0 spiro atoms. The molecule has 0 bridgehead atoms. The molecule has 0 fully saturated rings. The van der Waals surface area contributed by atoms with Gasteiger partial charge in [-0.25, -0.2) is 4.98 Å². The number of pyridine rings is 2. The first-order valence-corrected chi connectivity index (χ1v) is 6.37. The van der Waals surface area contributed by atoms with Gasteiger partial charge in [0.1, 0.15) is 5.75 Å². The maximum atomic E-state index is 5.88. The predicted molar refractivity (Wildman–Crippen MR) is 72.2 cm³/mol. The summed E-state index contributed by atoms with van der Waals surface area (Å²) in [6.07, 6.45) is 3.36. The molecule has 2 heterocycles. The van der Waals surface area contributed by atoms with Crippen molar-refractivity contribution >= 4 is 11.6 Å². The van der Waals surface area contributed by atoms with E-state index < -0.39 is 0 Å². The normalized spacial score (nSPS) is 10.7. The van der Waals surface area contributed by atoms with Crippen molar-refractivity contribution < 1.29 is 4.74 Å². The highest BCUT2D eigenvalue weighted by molar-refractivity contribution is 6.17. The van der Waals surface area contributed by atoms with Crippen LogP contribution in [0.4, 0.5) is 0 Å². The van der Waals surface area contributed by atoms with Gasteiger partial charge in [-0.15, -0.1) is 11.6 Å². The Morgan fingerprint density at radius 3 is 2.78 bits per heavy atom. The lowest BCUT2D eigenvalue weighted by molar-refractivity contribution is 0.457. The van der Waals surface area contributed by atoms with Gasteiger partial charge in [0.25, 0.3) is 0 Å². The molecule has 0 saturated heterocycles. The fourth-order valence-electron chi connectivity index (χ4n) is 1.54. The molecule has 0 aromatic carbocycles. The summed E-state index contributed by atoms with van der Waals surface area (Å²) in [7, 11) is 0. The van der Waals surface area contributed by atoms with Gasteiger partial charge in [-0.05, 0) is 29.7 Å². The molecule has 0 unspecified atom stereocenters. The Morgan fingerprint density at radius 2 is 2.17 bits per heavy atom. The average Bonchev–Trinajstić information content (AvgIpc) is 2.39. The third-order valence-corrected chi connectivity index (χ3v) is 2.79. The van der Waals surface area contributed by atoms with Crippen LogP contribution in [0.2, 0.25) is 0 Å². The summed E-state index contributed by atoms with van der Waals surface area (Å²) in [6, 6.07) is 7.53. The number of hydrogen-bond donors (Lipinski definition) is 0. The molecule has 18 heavy (non-hydrogen) atoms. The zero-order valence-electron chi connectivity index (χ0n) is 10.4. The molecule has 0 N–H and O–H groups in total. The van der Waals surface area contributed by atoms with Crippen LogP contribution < -0.4 is 4.74 Å². The van der Waals surface area contributed by atoms with E-state index in [1.807, 2.05) is 24.3 Å². The Labute approximate surface area is 112 Å². The van der Waals surface area contributed by atoms with Crippen molar-refractivity contribution in [2.45, 2.75) is 25.6 Å². The number of halogens is 1. The van der Waals surface area contributed by atoms with Crippen LogP contribution in [0, 0.1) is 0 Å². The van der Waals surface area contributed by atoms with Gasteiger partial charge in [0, 0.05) is 23.8 Å². The van der Waals surface area contributed by atoms with E-state index in [1.54, 1.807) is 12.4 Å². The first kappa shape index (κ1) is 12.8. The molecule has 0 atom stereocenters. The van der Waals surface area contributed by atoms with Crippen LogP contribution >= 0.6 is 11.6 Å². The molecular formula is C14H15ClN2O. The molecule has 2 aromatic heterocycles. The summed E-state index contributed by atoms with van der Waals surface area (Å²) in [5.41, 5.74) is 1.99. The number of nitrogens with zero attached hydrogens (tertiary/aromatic N) is 2. The van der Waals surface area contributed by atoms with Crippen molar-refractivity contribution in [1.29, 1.82) is 0 Å². The van der Waals surface area contributed by atoms with Crippen molar-refractivity contribution in [1.82, 2.24) is 9.97 Å². The first-order chi connectivity index (χ1) is 8.69. The third kappa shape index (κ3) is 3.20. The van der Waals surface area contributed by atoms with Crippen LogP contribution in [0.1, 0.15) is 31.0 Å². The van der Waals surface area contributed by atoms with Gasteiger partial charge in [-0.3, -0.25) is 4.98 Å². The van der Waals surface area contributed by atoms with Gasteiger partial charge in [0.2, 0.25) is 5.88 Å². The van der Waals surface area contributed by atoms with E-state index in [9.17, 15) is 0 Å². The van der Waals surface area contributed by atoms with E-state index in [0.29, 0.717) is 23.4 Å². The Bertz CT molecular complexity index is 514. The molecule has 0 saturated carbocycles. The van der Waals surface area contributed by atoms with E-state index in [2.05, 4.69) is 23.8 Å². The van der Waals surface area contributed by atoms with Gasteiger partial charge in [-0.2, -0.15) is 0 Å². The minimum absolute atomic E-state index is 0.337. The molecule has 0 amide bonds. The Hall–Kier alpha value is -1.61. The lowest BCUT2D eigenvalue weighted by Gasteiger charge is -2.10. The van der Waals surface area contributed by atoms with Crippen LogP contribution in [0.5, 0.6) is 11.6 Å². The Balaban J connectivity index is 2.30. The van der Waals surface area contributed by atoms with Crippen molar-refractivity contribution in [2.24, 2.45) is 0 Å². The Kier molecular flexibility index (Phi) is 4.15. The van der Waals surface area contributed by atoms with Crippen LogP contribution in [0.25, 0.3) is 0 Å². The number of rotatable bonds is 4. The smallest absolute Gasteiger partial charge is 0.219 e. The molecule has 0 radical (unpaired) electrons. The van der Waals surface area contributed by atoms with E-state index in [-0.39, 0.29) is 0 Å². The van der Waals surface area contributed by atoms with Crippen molar-refractivity contribution in [3.05, 3.63) is 47.9 Å². The summed E-state index contributed by atoms with van der Waals surface area (Å²) < 4.78 is 5.68. The number of alkyl halides is 1. The van der Waals surface area contributed by atoms with Crippen molar-refractivity contribution in [3.63, 3.8) is 0 Å². The highest BCUT2D eigenvalue weighted by Crippen LogP contribution is 2.23. The van der Waals surface area contributed by atoms with Crippen LogP contribution in [-0.4, -0.2) is 9.97 Å². The Morgan fingerprint density at radius 1 is 1.33 bits per heavy atom. The SMILES string of the molecule is CC(C)c1cc(CCl)cc(Oc2cccnc2)n1. The van der Waals surface area contributed by atoms with Gasteiger partial charge < -0.3 is 4.74 Å². The monoisotopic (exact) mass is 262 g/mol. The standard InChI is InChI=1S/C14H15ClN2O/c1-10(2)13-6-11(8-15)7-14(17-13)18-12-4-3-5-16-9-12/h3-7,9-10H,8H2,1-2H3. The molecule has 4 heteroatoms. The molecular weight excluding hydrogens is 248 g/mol. The topological polar surface area (TPSA) is 35.0 Å². The highest BCUT2D eigenvalue weighted by atomic mass is 35.5. The molecule has 0 aliphatic heterocycles. The zero-order chi connectivity index (χ0) is 13.0. The van der Waals surface area contributed by atoms with Crippen LogP contribution in [0.15, 0.2) is 36.7 Å². The van der Waals surface area contributed by atoms with Gasteiger partial charge in [-0.1, -0.05) is 13.8 Å². The number of ether oxygens (including phenoxy) is 1. The summed E-state index contributed by atoms with van der Waals surface area (Å²) in [6.45, 7) is 4.18. The number of hydrogen-bond acceptors (Lipinski definition) is 3. The summed E-state index contributed by atoms with van der Waals surface area (Å²) in [4.78, 5) is 8.47. The van der Waals surface area contributed by atoms with E-state index >= 15 is 0 Å². The van der Waals surface area contributed by atoms with E-state index in [4.69, 9.17) is 16.3 Å². The fraction of sp³-hybridized carbons (Fsp3) is 0.286. The molecule has 2 rings (SSSR count). The van der Waals surface area contributed by atoms with Crippen molar-refractivity contribution in [3.8, 4) is 11.6 Å². The molecule has 3 nitrogen and oxygen atoms in total. The molecule has 94 valence electrons. The molecule has 0 aliphatic carbocycles. The summed E-state index contributed by atoms with van der Waals surface area (Å²) >= 11 is 5.88. The van der Waals surface area contributed by atoms with Gasteiger partial charge in [0.05, 0.1) is 6.20 Å². The van der Waals surface area contributed by atoms with E-state index in [0.717, 1.165) is 11.3 Å². The lowest BCUT2D eigenvalue weighted by atomic mass is 10.1. The number of aromatic nitrogens is 2. The average molecular weight is 263 g/mol. The second-order valence-corrected chi connectivity index (χ2v) is 4.58. The highest BCUT2D eigenvalue weighted by Gasteiger charge is 2.07. The quantitative estimate of drug-likeness (QED) is 0.777. The lowest BCUT2D eigenvalue weighted by Crippen LogP contribution is -1.98. The van der Waals surface area contributed by atoms with Gasteiger partial charge >= 0.3 is 0 Å². The predicted octanol–water partition coefficient (Wildman–Crippen LogP) is 4.13. The van der Waals surface area contributed by atoms with Gasteiger partial charge in [0.15, 0.2) is 0 Å². The maximum Gasteiger partial charge on any atom is 0.219 e. The minimum Gasteiger partial charge on any atom is -0.437 e.